The molecule has 0 atom stereocenters. The molecule has 0 aromatic rings. The predicted octanol–water partition coefficient (Wildman–Crippen LogP) is 0.818. The molecule has 0 radical (unpaired) electrons. The van der Waals surface area contributed by atoms with Gasteiger partial charge in [-0.05, 0) is 20.8 Å². The van der Waals surface area contributed by atoms with Crippen LogP contribution in [0.3, 0.4) is 0 Å². The molecular weight excluding hydrogens is 136 g/mol. The Morgan fingerprint density at radius 3 is 1.50 bits per heavy atom. The standard InChI is InChI=1S/C5H10O2.CH2O2/c1-5(2,3)4(6)7;2-1-3/h1-3H3,(H,6,7);1H,(H,2,3). The fraction of sp³-hybridized carbons (Fsp3) is 0.667. The Bertz CT molecular complexity index is 111. The molecule has 2 N–H and O–H groups in total. The average molecular weight is 148 g/mol. The second-order valence-corrected chi connectivity index (χ2v) is 2.66. The topological polar surface area (TPSA) is 74.6 Å². The summed E-state index contributed by atoms with van der Waals surface area (Å²) in [5.74, 6) is -0.757. The molecule has 0 aliphatic heterocycles. The molecule has 0 rings (SSSR count). The highest BCUT2D eigenvalue weighted by Gasteiger charge is 2.18. The van der Waals surface area contributed by atoms with E-state index >= 15 is 0 Å². The summed E-state index contributed by atoms with van der Waals surface area (Å²) < 4.78 is 0. The van der Waals surface area contributed by atoms with Crippen LogP contribution in [0.5, 0.6) is 0 Å². The van der Waals surface area contributed by atoms with E-state index in [1.54, 1.807) is 20.8 Å². The van der Waals surface area contributed by atoms with Crippen LogP contribution in [-0.2, 0) is 9.59 Å². The van der Waals surface area contributed by atoms with Gasteiger partial charge in [0.2, 0.25) is 0 Å². The third kappa shape index (κ3) is 10.0. The molecular formula is C6H12O4. The first-order chi connectivity index (χ1) is 4.36. The van der Waals surface area contributed by atoms with Crippen molar-refractivity contribution in [1.29, 1.82) is 0 Å². The molecule has 60 valence electrons. The quantitative estimate of drug-likeness (QED) is 0.498. The SMILES string of the molecule is CC(C)(C)C(=O)O.O=CO. The van der Waals surface area contributed by atoms with Crippen molar-refractivity contribution in [2.75, 3.05) is 0 Å². The minimum absolute atomic E-state index is 0.250. The van der Waals surface area contributed by atoms with Crippen LogP contribution < -0.4 is 0 Å². The molecule has 0 aromatic heterocycles. The molecule has 0 aliphatic rings. The zero-order valence-corrected chi connectivity index (χ0v) is 6.29. The Labute approximate surface area is 59.5 Å². The maximum absolute atomic E-state index is 10.0. The highest BCUT2D eigenvalue weighted by Crippen LogP contribution is 2.11. The van der Waals surface area contributed by atoms with Crippen molar-refractivity contribution >= 4 is 12.4 Å². The van der Waals surface area contributed by atoms with E-state index in [0.29, 0.717) is 0 Å². The van der Waals surface area contributed by atoms with Gasteiger partial charge >= 0.3 is 5.97 Å². The lowest BCUT2D eigenvalue weighted by atomic mass is 9.98. The van der Waals surface area contributed by atoms with Gasteiger partial charge in [-0.25, -0.2) is 0 Å². The molecule has 0 aromatic carbocycles. The summed E-state index contributed by atoms with van der Waals surface area (Å²) in [5, 5.41) is 15.1. The summed E-state index contributed by atoms with van der Waals surface area (Å²) in [5.41, 5.74) is -0.583. The van der Waals surface area contributed by atoms with E-state index in [2.05, 4.69) is 0 Å². The number of carboxylic acid groups (broad SMARTS) is 2. The number of carboxylic acids is 1. The first kappa shape index (κ1) is 11.7. The largest absolute Gasteiger partial charge is 0.483 e. The van der Waals surface area contributed by atoms with Gasteiger partial charge in [0.25, 0.3) is 6.47 Å². The van der Waals surface area contributed by atoms with Crippen LogP contribution in [0.4, 0.5) is 0 Å². The summed E-state index contributed by atoms with van der Waals surface area (Å²) in [6.07, 6.45) is 0. The first-order valence-electron chi connectivity index (χ1n) is 2.67. The van der Waals surface area contributed by atoms with Gasteiger partial charge in [0.05, 0.1) is 5.41 Å². The molecule has 0 spiro atoms. The van der Waals surface area contributed by atoms with E-state index in [1.807, 2.05) is 0 Å². The van der Waals surface area contributed by atoms with Crippen LogP contribution in [0, 0.1) is 5.41 Å². The number of hydrogen-bond donors (Lipinski definition) is 2. The van der Waals surface area contributed by atoms with Crippen molar-refractivity contribution in [2.45, 2.75) is 20.8 Å². The summed E-state index contributed by atoms with van der Waals surface area (Å²) in [6, 6.07) is 0. The minimum atomic E-state index is -0.757. The van der Waals surface area contributed by atoms with Crippen LogP contribution in [0.2, 0.25) is 0 Å². The number of rotatable bonds is 0. The molecule has 0 heterocycles. The highest BCUT2D eigenvalue weighted by atomic mass is 16.4. The van der Waals surface area contributed by atoms with Gasteiger partial charge in [-0.1, -0.05) is 0 Å². The number of aliphatic carboxylic acids is 1. The van der Waals surface area contributed by atoms with E-state index in [-0.39, 0.29) is 6.47 Å². The Kier molecular flexibility index (Phi) is 5.60. The minimum Gasteiger partial charge on any atom is -0.483 e. The van der Waals surface area contributed by atoms with Crippen LogP contribution >= 0.6 is 0 Å². The van der Waals surface area contributed by atoms with Crippen molar-refractivity contribution in [3.63, 3.8) is 0 Å². The lowest BCUT2D eigenvalue weighted by molar-refractivity contribution is -0.145. The van der Waals surface area contributed by atoms with E-state index in [9.17, 15) is 4.79 Å². The lowest BCUT2D eigenvalue weighted by Gasteiger charge is -2.08. The fourth-order valence-electron chi connectivity index (χ4n) is 0. The maximum Gasteiger partial charge on any atom is 0.308 e. The zero-order valence-electron chi connectivity index (χ0n) is 6.29. The summed E-state index contributed by atoms with van der Waals surface area (Å²) >= 11 is 0. The Balaban J connectivity index is 0. The number of carbonyl (C=O) groups is 2. The van der Waals surface area contributed by atoms with E-state index in [4.69, 9.17) is 15.0 Å². The van der Waals surface area contributed by atoms with E-state index < -0.39 is 11.4 Å². The third-order valence-electron chi connectivity index (χ3n) is 0.642. The summed E-state index contributed by atoms with van der Waals surface area (Å²) in [4.78, 5) is 18.4. The van der Waals surface area contributed by atoms with Crippen LogP contribution in [-0.4, -0.2) is 22.7 Å². The third-order valence-corrected chi connectivity index (χ3v) is 0.642. The molecule has 0 bridgehead atoms. The monoisotopic (exact) mass is 148 g/mol. The number of hydrogen-bond acceptors (Lipinski definition) is 2. The maximum atomic E-state index is 10.0. The molecule has 0 amide bonds. The molecule has 0 aliphatic carbocycles. The zero-order chi connectivity index (χ0) is 8.78. The molecule has 10 heavy (non-hydrogen) atoms. The molecule has 0 saturated carbocycles. The molecule has 0 unspecified atom stereocenters. The second kappa shape index (κ2) is 4.78. The predicted molar refractivity (Wildman–Crippen MR) is 35.8 cm³/mol. The normalized spacial score (nSPS) is 9.10. The van der Waals surface area contributed by atoms with Crippen molar-refractivity contribution in [2.24, 2.45) is 5.41 Å². The first-order valence-corrected chi connectivity index (χ1v) is 2.67. The van der Waals surface area contributed by atoms with Gasteiger partial charge in [-0.15, -0.1) is 0 Å². The Morgan fingerprint density at radius 2 is 1.50 bits per heavy atom. The second-order valence-electron chi connectivity index (χ2n) is 2.66. The van der Waals surface area contributed by atoms with Crippen LogP contribution in [0.1, 0.15) is 20.8 Å². The van der Waals surface area contributed by atoms with Gasteiger partial charge in [0, 0.05) is 0 Å². The van der Waals surface area contributed by atoms with Gasteiger partial charge in [-0.3, -0.25) is 9.59 Å². The van der Waals surface area contributed by atoms with Gasteiger partial charge in [-0.2, -0.15) is 0 Å². The Morgan fingerprint density at radius 1 is 1.40 bits per heavy atom. The van der Waals surface area contributed by atoms with Crippen LogP contribution in [0.25, 0.3) is 0 Å². The molecule has 4 nitrogen and oxygen atoms in total. The van der Waals surface area contributed by atoms with E-state index in [1.165, 1.54) is 0 Å². The van der Waals surface area contributed by atoms with E-state index in [0.717, 1.165) is 0 Å². The van der Waals surface area contributed by atoms with Gasteiger partial charge < -0.3 is 10.2 Å². The highest BCUT2D eigenvalue weighted by molar-refractivity contribution is 5.72. The lowest BCUT2D eigenvalue weighted by Crippen LogP contribution is -2.18. The molecule has 0 saturated heterocycles. The van der Waals surface area contributed by atoms with Crippen molar-refractivity contribution < 1.29 is 19.8 Å². The van der Waals surface area contributed by atoms with Gasteiger partial charge in [0.1, 0.15) is 0 Å². The van der Waals surface area contributed by atoms with Crippen molar-refractivity contribution in [1.82, 2.24) is 0 Å². The van der Waals surface area contributed by atoms with Crippen molar-refractivity contribution in [3.8, 4) is 0 Å². The fourth-order valence-corrected chi connectivity index (χ4v) is 0. The van der Waals surface area contributed by atoms with Crippen LogP contribution in [0.15, 0.2) is 0 Å². The summed E-state index contributed by atoms with van der Waals surface area (Å²) in [7, 11) is 0. The smallest absolute Gasteiger partial charge is 0.308 e. The summed E-state index contributed by atoms with van der Waals surface area (Å²) in [6.45, 7) is 4.74. The molecule has 0 fully saturated rings. The van der Waals surface area contributed by atoms with Gasteiger partial charge in [0.15, 0.2) is 0 Å². The van der Waals surface area contributed by atoms with Crippen molar-refractivity contribution in [3.05, 3.63) is 0 Å². The Hall–Kier alpha value is -1.06. The molecule has 4 heteroatoms. The average Bonchev–Trinajstić information content (AvgIpc) is 1.64.